The van der Waals surface area contributed by atoms with E-state index in [9.17, 15) is 19.1 Å². The molecule has 0 unspecified atom stereocenters. The third-order valence-electron chi connectivity index (χ3n) is 10.9. The van der Waals surface area contributed by atoms with Gasteiger partial charge in [0.25, 0.3) is 11.1 Å². The van der Waals surface area contributed by atoms with E-state index < -0.39 is 5.82 Å². The van der Waals surface area contributed by atoms with Crippen molar-refractivity contribution in [3.05, 3.63) is 119 Å². The van der Waals surface area contributed by atoms with Crippen LogP contribution in [-0.4, -0.2) is 53.7 Å². The van der Waals surface area contributed by atoms with Crippen LogP contribution < -0.4 is 22.6 Å². The van der Waals surface area contributed by atoms with Gasteiger partial charge in [0.15, 0.2) is 17.1 Å². The van der Waals surface area contributed by atoms with Crippen LogP contribution in [0.25, 0.3) is 66.3 Å². The van der Waals surface area contributed by atoms with Crippen molar-refractivity contribution >= 4 is 101 Å². The molecule has 5 N–H and O–H groups in total. The lowest BCUT2D eigenvalue weighted by atomic mass is 10.1. The first-order valence-corrected chi connectivity index (χ1v) is 21.0. The molecule has 10 rings (SSSR count). The number of aromatic hydroxyl groups is 1. The molecule has 0 bridgehead atoms. The Labute approximate surface area is 367 Å². The zero-order chi connectivity index (χ0) is 42.6. The Morgan fingerprint density at radius 3 is 2.30 bits per heavy atom. The highest BCUT2D eigenvalue weighted by atomic mass is 127. The van der Waals surface area contributed by atoms with Crippen molar-refractivity contribution < 1.29 is 9.50 Å². The van der Waals surface area contributed by atoms with Crippen LogP contribution in [0.5, 0.6) is 5.75 Å². The zero-order valence-electron chi connectivity index (χ0n) is 32.2. The quantitative estimate of drug-likeness (QED) is 0.125. The number of benzene rings is 3. The molecular weight excluding hydrogens is 937 g/mol. The van der Waals surface area contributed by atoms with Crippen LogP contribution in [0, 0.1) is 9.52 Å². The van der Waals surface area contributed by atoms with Gasteiger partial charge in [0.05, 0.1) is 44.7 Å². The molecule has 0 saturated heterocycles. The summed E-state index contributed by atoms with van der Waals surface area (Å²) in [5.74, 6) is -0.507. The lowest BCUT2D eigenvalue weighted by molar-refractivity contribution is 0.469. The van der Waals surface area contributed by atoms with E-state index in [1.165, 1.54) is 18.5 Å². The average Bonchev–Trinajstić information content (AvgIpc) is 3.88. The number of hydrogen-bond donors (Lipinski definition) is 3. The van der Waals surface area contributed by atoms with Crippen molar-refractivity contribution in [2.24, 2.45) is 0 Å². The highest BCUT2D eigenvalue weighted by Gasteiger charge is 2.30. The van der Waals surface area contributed by atoms with Gasteiger partial charge in [-0.1, -0.05) is 35.3 Å². The molecule has 61 heavy (non-hydrogen) atoms. The minimum atomic E-state index is -0.687. The number of rotatable bonds is 8. The van der Waals surface area contributed by atoms with Crippen LogP contribution in [0.3, 0.4) is 0 Å². The Morgan fingerprint density at radius 1 is 0.803 bits per heavy atom. The molecule has 0 amide bonds. The van der Waals surface area contributed by atoms with Gasteiger partial charge in [0.1, 0.15) is 38.9 Å². The van der Waals surface area contributed by atoms with Crippen molar-refractivity contribution in [2.45, 2.75) is 51.9 Å². The molecule has 1 saturated carbocycles. The van der Waals surface area contributed by atoms with Gasteiger partial charge >= 0.3 is 0 Å². The van der Waals surface area contributed by atoms with E-state index in [2.05, 4.69) is 37.7 Å². The van der Waals surface area contributed by atoms with Crippen LogP contribution in [-0.2, 0) is 13.1 Å². The summed E-state index contributed by atoms with van der Waals surface area (Å²) in [6, 6.07) is 15.8. The standard InChI is InChI=1S/C42H32Cl2FIN12O3/c1-18(2)57-25(10-19-4-3-5-28(43)30(19)41(57)60)15-56-40-32(34(53-56)21-9-23(45)14-27(59)12-21)37(48)51-38(52-40)22-8-20-11-26(58(24-6-7-24)42(61)31(20)29(44)13-22)16-55-39-33(35(46)54-55)36(47)49-17-50-39/h3-5,8-14,17-18,24,59H,6-7,15-16H2,1-2H3,(H2,47,49,50)(H2,48,51,52). The van der Waals surface area contributed by atoms with Crippen LogP contribution in [0.15, 0.2) is 76.6 Å². The lowest BCUT2D eigenvalue weighted by Crippen LogP contribution is -2.27. The number of fused-ring (bicyclic) bond motifs is 4. The Kier molecular flexibility index (Phi) is 9.26. The predicted molar refractivity (Wildman–Crippen MR) is 242 cm³/mol. The first kappa shape index (κ1) is 39.0. The van der Waals surface area contributed by atoms with Crippen LogP contribution in [0.4, 0.5) is 16.0 Å². The Balaban J connectivity index is 1.16. The largest absolute Gasteiger partial charge is 0.508 e. The van der Waals surface area contributed by atoms with Crippen molar-refractivity contribution in [3.8, 4) is 28.4 Å². The molecule has 0 spiro atoms. The number of nitrogen functional groups attached to an aromatic ring is 2. The Hall–Kier alpha value is -6.18. The van der Waals surface area contributed by atoms with Gasteiger partial charge in [-0.05, 0) is 103 Å². The summed E-state index contributed by atoms with van der Waals surface area (Å²) in [7, 11) is 0. The van der Waals surface area contributed by atoms with Gasteiger partial charge in [-0.2, -0.15) is 10.2 Å². The van der Waals surface area contributed by atoms with Gasteiger partial charge in [-0.3, -0.25) is 9.59 Å². The Morgan fingerprint density at radius 2 is 1.54 bits per heavy atom. The molecule has 1 aliphatic rings. The normalized spacial score (nSPS) is 13.2. The maximum atomic E-state index is 14.8. The highest BCUT2D eigenvalue weighted by molar-refractivity contribution is 14.1. The number of nitrogens with zero attached hydrogens (tertiary/aromatic N) is 10. The van der Waals surface area contributed by atoms with E-state index in [0.29, 0.717) is 69.5 Å². The van der Waals surface area contributed by atoms with Crippen molar-refractivity contribution in [1.82, 2.24) is 48.6 Å². The summed E-state index contributed by atoms with van der Waals surface area (Å²) >= 11 is 15.6. The average molecular weight is 970 g/mol. The molecule has 6 heterocycles. The number of hydrogen-bond acceptors (Lipinski definition) is 11. The number of halogens is 4. The first-order chi connectivity index (χ1) is 29.2. The lowest BCUT2D eigenvalue weighted by Gasteiger charge is -2.18. The summed E-state index contributed by atoms with van der Waals surface area (Å²) in [6.45, 7) is 4.04. The highest BCUT2D eigenvalue weighted by Crippen LogP contribution is 2.39. The zero-order valence-corrected chi connectivity index (χ0v) is 35.9. The third kappa shape index (κ3) is 6.53. The number of aromatic nitrogens is 10. The molecule has 1 fully saturated rings. The fraction of sp³-hybridized carbons (Fsp3) is 0.190. The number of phenols is 1. The van der Waals surface area contributed by atoms with E-state index in [-0.39, 0.29) is 75.6 Å². The van der Waals surface area contributed by atoms with E-state index in [0.717, 1.165) is 18.9 Å². The maximum absolute atomic E-state index is 14.8. The van der Waals surface area contributed by atoms with Crippen molar-refractivity contribution in [1.29, 1.82) is 0 Å². The fourth-order valence-electron chi connectivity index (χ4n) is 8.18. The maximum Gasteiger partial charge on any atom is 0.260 e. The second kappa shape index (κ2) is 14.5. The summed E-state index contributed by atoms with van der Waals surface area (Å²) in [5, 5.41) is 23.3. The smallest absolute Gasteiger partial charge is 0.260 e. The third-order valence-corrected chi connectivity index (χ3v) is 12.3. The molecule has 0 aliphatic heterocycles. The molecule has 3 aromatic carbocycles. The fourth-order valence-corrected chi connectivity index (χ4v) is 9.53. The molecule has 0 radical (unpaired) electrons. The van der Waals surface area contributed by atoms with Crippen LogP contribution in [0.1, 0.15) is 50.2 Å². The minimum Gasteiger partial charge on any atom is -0.508 e. The van der Waals surface area contributed by atoms with Gasteiger partial charge in [-0.15, -0.1) is 0 Å². The number of nitrogens with two attached hydrogens (primary N) is 2. The SMILES string of the molecule is CC(C)n1c(Cn2nc(-c3cc(O)cc(F)c3)c3c(N)nc(-c4cc(Cl)c5c(=O)n(C6CC6)c(Cn6nc(I)c7c(N)ncnc76)cc5c4)nc32)cc2cccc(Cl)c2c1=O. The topological polar surface area (TPSA) is 203 Å². The van der Waals surface area contributed by atoms with E-state index in [1.54, 1.807) is 42.8 Å². The van der Waals surface area contributed by atoms with E-state index in [4.69, 9.17) is 49.7 Å². The predicted octanol–water partition coefficient (Wildman–Crippen LogP) is 7.86. The Bertz CT molecular complexity index is 3450. The molecule has 19 heteroatoms. The number of anilines is 2. The van der Waals surface area contributed by atoms with Crippen molar-refractivity contribution in [2.75, 3.05) is 11.5 Å². The second-order valence-electron chi connectivity index (χ2n) is 15.3. The molecule has 9 aromatic rings. The van der Waals surface area contributed by atoms with Crippen LogP contribution >= 0.6 is 45.8 Å². The van der Waals surface area contributed by atoms with Gasteiger partial charge in [-0.25, -0.2) is 33.7 Å². The molecule has 306 valence electrons. The number of phenolic OH excluding ortho intramolecular Hbond substituents is 1. The van der Waals surface area contributed by atoms with E-state index >= 15 is 0 Å². The van der Waals surface area contributed by atoms with Crippen LogP contribution in [0.2, 0.25) is 10.0 Å². The summed E-state index contributed by atoms with van der Waals surface area (Å²) in [4.78, 5) is 46.5. The first-order valence-electron chi connectivity index (χ1n) is 19.1. The molecule has 6 aromatic heterocycles. The summed E-state index contributed by atoms with van der Waals surface area (Å²) < 4.78 is 22.1. The molecule has 15 nitrogen and oxygen atoms in total. The van der Waals surface area contributed by atoms with Crippen molar-refractivity contribution in [3.63, 3.8) is 0 Å². The second-order valence-corrected chi connectivity index (χ2v) is 17.2. The van der Waals surface area contributed by atoms with Gasteiger partial charge in [0, 0.05) is 40.7 Å². The van der Waals surface area contributed by atoms with Gasteiger partial charge < -0.3 is 25.7 Å². The molecule has 0 atom stereocenters. The number of pyridine rings is 2. The summed E-state index contributed by atoms with van der Waals surface area (Å²) in [6.07, 6.45) is 3.07. The summed E-state index contributed by atoms with van der Waals surface area (Å²) in [5.41, 5.74) is 15.4. The van der Waals surface area contributed by atoms with E-state index in [1.807, 2.05) is 32.0 Å². The molecular formula is C42H32Cl2FIN12O3. The molecule has 1 aliphatic carbocycles. The van der Waals surface area contributed by atoms with Gasteiger partial charge in [0.2, 0.25) is 0 Å². The monoisotopic (exact) mass is 968 g/mol. The minimum absolute atomic E-state index is 0.00918.